The first kappa shape index (κ1) is 16.4. The van der Waals surface area contributed by atoms with Gasteiger partial charge in [-0.2, -0.15) is 0 Å². The number of rotatable bonds is 2. The maximum absolute atomic E-state index is 13.8. The molecular weight excluding hydrogens is 337 g/mol. The van der Waals surface area contributed by atoms with E-state index in [9.17, 15) is 14.0 Å². The molecule has 3 amide bonds. The Morgan fingerprint density at radius 3 is 2.88 bits per heavy atom. The first-order valence-electron chi connectivity index (χ1n) is 8.34. The molecule has 4 rings (SSSR count). The lowest BCUT2D eigenvalue weighted by molar-refractivity contribution is -0.120. The van der Waals surface area contributed by atoms with Crippen molar-refractivity contribution in [2.75, 3.05) is 30.8 Å². The van der Waals surface area contributed by atoms with E-state index in [1.54, 1.807) is 30.2 Å². The fraction of sp³-hybridized carbons (Fsp3) is 0.263. The molecule has 0 saturated carbocycles. The maximum Gasteiger partial charge on any atom is 0.321 e. The number of fused-ring (bicyclic) bond motifs is 2. The molecule has 2 aliphatic heterocycles. The van der Waals surface area contributed by atoms with Crippen LogP contribution in [0.15, 0.2) is 42.5 Å². The predicted octanol–water partition coefficient (Wildman–Crippen LogP) is 2.96. The van der Waals surface area contributed by atoms with E-state index >= 15 is 0 Å². The second-order valence-corrected chi connectivity index (χ2v) is 6.53. The number of anilines is 2. The average molecular weight is 355 g/mol. The third-order valence-corrected chi connectivity index (χ3v) is 5.10. The Hall–Kier alpha value is -3.09. The van der Waals surface area contributed by atoms with Crippen molar-refractivity contribution < 1.29 is 18.7 Å². The van der Waals surface area contributed by atoms with Crippen molar-refractivity contribution in [2.24, 2.45) is 0 Å². The molecule has 1 saturated heterocycles. The van der Waals surface area contributed by atoms with Crippen LogP contribution in [0, 0.1) is 5.82 Å². The highest BCUT2D eigenvalue weighted by molar-refractivity contribution is 6.07. The fourth-order valence-electron chi connectivity index (χ4n) is 3.66. The number of hydrogen-bond acceptors (Lipinski definition) is 3. The molecule has 1 atom stereocenters. The molecule has 1 fully saturated rings. The molecule has 1 spiro atoms. The highest BCUT2D eigenvalue weighted by atomic mass is 19.1. The fourth-order valence-corrected chi connectivity index (χ4v) is 3.66. The van der Waals surface area contributed by atoms with Crippen LogP contribution < -0.4 is 15.4 Å². The number of carbonyl (C=O) groups excluding carboxylic acids is 2. The number of carbonyl (C=O) groups is 2. The number of ether oxygens (including phenoxy) is 1. The van der Waals surface area contributed by atoms with Gasteiger partial charge in [0.15, 0.2) is 0 Å². The van der Waals surface area contributed by atoms with Crippen molar-refractivity contribution >= 4 is 23.3 Å². The zero-order valence-corrected chi connectivity index (χ0v) is 14.2. The number of nitrogens with one attached hydrogen (secondary N) is 2. The first-order valence-corrected chi connectivity index (χ1v) is 8.34. The Balaban J connectivity index is 1.58. The van der Waals surface area contributed by atoms with Crippen LogP contribution in [-0.4, -0.2) is 37.0 Å². The van der Waals surface area contributed by atoms with Gasteiger partial charge >= 0.3 is 6.03 Å². The number of halogens is 1. The molecule has 2 heterocycles. The Morgan fingerprint density at radius 1 is 1.31 bits per heavy atom. The van der Waals surface area contributed by atoms with E-state index in [4.69, 9.17) is 4.74 Å². The third kappa shape index (κ3) is 2.47. The molecule has 0 aliphatic carbocycles. The minimum atomic E-state index is -0.795. The normalized spacial score (nSPS) is 20.8. The molecule has 134 valence electrons. The Kier molecular flexibility index (Phi) is 3.79. The largest absolute Gasteiger partial charge is 0.497 e. The predicted molar refractivity (Wildman–Crippen MR) is 94.9 cm³/mol. The second kappa shape index (κ2) is 6.01. The molecule has 2 N–H and O–H groups in total. The number of benzene rings is 2. The minimum absolute atomic E-state index is 0.122. The van der Waals surface area contributed by atoms with Gasteiger partial charge in [0.1, 0.15) is 11.6 Å². The van der Waals surface area contributed by atoms with Gasteiger partial charge in [0.05, 0.1) is 18.2 Å². The number of likely N-dealkylation sites (tertiary alicyclic amines) is 1. The number of nitrogens with zero attached hydrogens (tertiary/aromatic N) is 1. The van der Waals surface area contributed by atoms with E-state index in [0.29, 0.717) is 18.7 Å². The van der Waals surface area contributed by atoms with Gasteiger partial charge in [-0.15, -0.1) is 0 Å². The lowest BCUT2D eigenvalue weighted by Gasteiger charge is -2.23. The van der Waals surface area contributed by atoms with Gasteiger partial charge in [-0.1, -0.05) is 12.1 Å². The highest BCUT2D eigenvalue weighted by Gasteiger charge is 2.52. The van der Waals surface area contributed by atoms with Gasteiger partial charge in [-0.25, -0.2) is 9.18 Å². The SMILES string of the molecule is COc1ccc2c(c1)[C@]1(CCN(C(=O)Nc3ccccc3F)C1)C(=O)N2. The molecule has 0 unspecified atom stereocenters. The smallest absolute Gasteiger partial charge is 0.321 e. The van der Waals surface area contributed by atoms with Crippen LogP contribution in [0.5, 0.6) is 5.75 Å². The molecule has 7 heteroatoms. The van der Waals surface area contributed by atoms with Gasteiger partial charge in [-0.3, -0.25) is 4.79 Å². The molecule has 0 radical (unpaired) electrons. The summed E-state index contributed by atoms with van der Waals surface area (Å²) in [7, 11) is 1.57. The molecular formula is C19H18FN3O3. The maximum atomic E-state index is 13.8. The number of urea groups is 1. The van der Waals surface area contributed by atoms with E-state index in [-0.39, 0.29) is 18.1 Å². The van der Waals surface area contributed by atoms with E-state index in [1.165, 1.54) is 12.1 Å². The average Bonchev–Trinajstić information content (AvgIpc) is 3.20. The van der Waals surface area contributed by atoms with Crippen molar-refractivity contribution in [3.05, 3.63) is 53.8 Å². The summed E-state index contributed by atoms with van der Waals surface area (Å²) in [5.74, 6) is 0.0410. The summed E-state index contributed by atoms with van der Waals surface area (Å²) in [6, 6.07) is 11.0. The first-order chi connectivity index (χ1) is 12.5. The van der Waals surface area contributed by atoms with Crippen molar-refractivity contribution in [3.63, 3.8) is 0 Å². The summed E-state index contributed by atoms with van der Waals surface area (Å²) in [5.41, 5.74) is 0.905. The van der Waals surface area contributed by atoms with Crippen LogP contribution in [-0.2, 0) is 10.2 Å². The summed E-state index contributed by atoms with van der Waals surface area (Å²) < 4.78 is 19.0. The number of methoxy groups -OCH3 is 1. The van der Waals surface area contributed by atoms with Crippen LogP contribution >= 0.6 is 0 Å². The van der Waals surface area contributed by atoms with Gasteiger partial charge in [-0.05, 0) is 42.3 Å². The van der Waals surface area contributed by atoms with Gasteiger partial charge in [0.2, 0.25) is 5.91 Å². The van der Waals surface area contributed by atoms with Crippen LogP contribution in [0.1, 0.15) is 12.0 Å². The minimum Gasteiger partial charge on any atom is -0.497 e. The molecule has 0 bridgehead atoms. The van der Waals surface area contributed by atoms with Gasteiger partial charge in [0.25, 0.3) is 0 Å². The van der Waals surface area contributed by atoms with Crippen molar-refractivity contribution in [1.82, 2.24) is 4.90 Å². The zero-order valence-electron chi connectivity index (χ0n) is 14.2. The van der Waals surface area contributed by atoms with Crippen LogP contribution in [0.3, 0.4) is 0 Å². The lowest BCUT2D eigenvalue weighted by Crippen LogP contribution is -2.40. The van der Waals surface area contributed by atoms with E-state index in [0.717, 1.165) is 11.3 Å². The summed E-state index contributed by atoms with van der Waals surface area (Å²) >= 11 is 0. The highest BCUT2D eigenvalue weighted by Crippen LogP contribution is 2.45. The standard InChI is InChI=1S/C19H18FN3O3/c1-26-12-6-7-15-13(10-12)19(17(24)21-15)8-9-23(11-19)18(25)22-16-5-3-2-4-14(16)20/h2-7,10H,8-9,11H2,1H3,(H,21,24)(H,22,25)/t19-/m1/s1. The van der Waals surface area contributed by atoms with Crippen LogP contribution in [0.2, 0.25) is 0 Å². The summed E-state index contributed by atoms with van der Waals surface area (Å²) in [5, 5.41) is 5.46. The Labute approximate surface area is 149 Å². The third-order valence-electron chi connectivity index (χ3n) is 5.10. The molecule has 2 aliphatic rings. The van der Waals surface area contributed by atoms with Crippen molar-refractivity contribution in [1.29, 1.82) is 0 Å². The Morgan fingerprint density at radius 2 is 2.12 bits per heavy atom. The number of hydrogen-bond donors (Lipinski definition) is 2. The molecule has 2 aromatic rings. The number of para-hydroxylation sites is 1. The van der Waals surface area contributed by atoms with Crippen LogP contribution in [0.25, 0.3) is 0 Å². The summed E-state index contributed by atoms with van der Waals surface area (Å²) in [4.78, 5) is 26.7. The second-order valence-electron chi connectivity index (χ2n) is 6.53. The van der Waals surface area contributed by atoms with Crippen molar-refractivity contribution in [2.45, 2.75) is 11.8 Å². The molecule has 2 aromatic carbocycles. The van der Waals surface area contributed by atoms with Crippen molar-refractivity contribution in [3.8, 4) is 5.75 Å². The van der Waals surface area contributed by atoms with E-state index < -0.39 is 17.3 Å². The Bertz CT molecular complexity index is 901. The molecule has 6 nitrogen and oxygen atoms in total. The monoisotopic (exact) mass is 355 g/mol. The lowest BCUT2D eigenvalue weighted by atomic mass is 9.81. The summed E-state index contributed by atoms with van der Waals surface area (Å²) in [6.07, 6.45) is 0.504. The van der Waals surface area contributed by atoms with Gasteiger partial charge < -0.3 is 20.3 Å². The zero-order chi connectivity index (χ0) is 18.3. The van der Waals surface area contributed by atoms with Gasteiger partial charge in [0, 0.05) is 18.8 Å². The summed E-state index contributed by atoms with van der Waals surface area (Å²) in [6.45, 7) is 0.643. The number of amides is 3. The van der Waals surface area contributed by atoms with E-state index in [2.05, 4.69) is 10.6 Å². The molecule has 0 aromatic heterocycles. The van der Waals surface area contributed by atoms with E-state index in [1.807, 2.05) is 12.1 Å². The van der Waals surface area contributed by atoms with Crippen LogP contribution in [0.4, 0.5) is 20.6 Å². The quantitative estimate of drug-likeness (QED) is 0.870. The topological polar surface area (TPSA) is 70.7 Å². The molecule has 26 heavy (non-hydrogen) atoms.